The van der Waals surface area contributed by atoms with E-state index in [9.17, 15) is 9.59 Å². The first-order valence-corrected chi connectivity index (χ1v) is 9.05. The minimum Gasteiger partial charge on any atom is -0.481 e. The molecular weight excluding hydrogens is 312 g/mol. The van der Waals surface area contributed by atoms with Crippen LogP contribution >= 0.6 is 11.8 Å². The van der Waals surface area contributed by atoms with Crippen molar-refractivity contribution in [2.24, 2.45) is 5.92 Å². The first-order valence-electron chi connectivity index (χ1n) is 8.17. The van der Waals surface area contributed by atoms with Crippen molar-refractivity contribution in [2.45, 2.75) is 42.2 Å². The maximum atomic E-state index is 12.2. The molecule has 1 aromatic rings. The Bertz CT molecular complexity index is 570. The largest absolute Gasteiger partial charge is 0.481 e. The third-order valence-corrected chi connectivity index (χ3v) is 5.88. The third kappa shape index (κ3) is 4.19. The summed E-state index contributed by atoms with van der Waals surface area (Å²) in [5, 5.41) is 12.6. The lowest BCUT2D eigenvalue weighted by molar-refractivity contribution is -0.141. The second-order valence-corrected chi connectivity index (χ2v) is 7.62. The molecule has 1 saturated heterocycles. The number of amides is 2. The van der Waals surface area contributed by atoms with Gasteiger partial charge in [-0.2, -0.15) is 0 Å². The molecular formula is C17H22N2O3S. The van der Waals surface area contributed by atoms with Crippen molar-refractivity contribution in [3.05, 3.63) is 24.3 Å². The van der Waals surface area contributed by atoms with E-state index >= 15 is 0 Å². The highest BCUT2D eigenvalue weighted by Gasteiger charge is 2.30. The summed E-state index contributed by atoms with van der Waals surface area (Å²) in [4.78, 5) is 25.9. The number of thioether (sulfide) groups is 1. The number of hydrogen-bond acceptors (Lipinski definition) is 3. The first kappa shape index (κ1) is 16.2. The molecule has 0 bridgehead atoms. The van der Waals surface area contributed by atoms with Crippen molar-refractivity contribution in [2.75, 3.05) is 18.4 Å². The standard InChI is InChI=1S/C17H22N2O3S/c20-16(21)12-9-10-19(11-12)17(22)18-13-5-7-15(8-6-13)23-14-3-1-2-4-14/h5-8,12,14H,1-4,9-11H2,(H,18,22)(H,20,21). The number of nitrogens with zero attached hydrogens (tertiary/aromatic N) is 1. The second kappa shape index (κ2) is 7.25. The van der Waals surface area contributed by atoms with E-state index in [4.69, 9.17) is 5.11 Å². The molecule has 1 aliphatic heterocycles. The maximum absolute atomic E-state index is 12.2. The van der Waals surface area contributed by atoms with E-state index in [0.29, 0.717) is 13.0 Å². The summed E-state index contributed by atoms with van der Waals surface area (Å²) < 4.78 is 0. The Morgan fingerprint density at radius 1 is 1.13 bits per heavy atom. The minimum atomic E-state index is -0.825. The van der Waals surface area contributed by atoms with Gasteiger partial charge in [-0.15, -0.1) is 11.8 Å². The van der Waals surface area contributed by atoms with Crippen molar-refractivity contribution in [3.8, 4) is 0 Å². The molecule has 1 heterocycles. The summed E-state index contributed by atoms with van der Waals surface area (Å²) in [5.74, 6) is -1.26. The van der Waals surface area contributed by atoms with E-state index < -0.39 is 11.9 Å². The molecule has 1 aliphatic carbocycles. The number of carboxylic acids is 1. The molecule has 0 spiro atoms. The fraction of sp³-hybridized carbons (Fsp3) is 0.529. The van der Waals surface area contributed by atoms with Gasteiger partial charge in [-0.3, -0.25) is 4.79 Å². The van der Waals surface area contributed by atoms with Crippen molar-refractivity contribution in [1.29, 1.82) is 0 Å². The summed E-state index contributed by atoms with van der Waals surface area (Å²) in [6.07, 6.45) is 5.78. The molecule has 6 heteroatoms. The zero-order valence-electron chi connectivity index (χ0n) is 13.0. The molecule has 1 saturated carbocycles. The number of carbonyl (C=O) groups excluding carboxylic acids is 1. The van der Waals surface area contributed by atoms with Crippen LogP contribution in [0.3, 0.4) is 0 Å². The third-order valence-electron chi connectivity index (χ3n) is 4.54. The van der Waals surface area contributed by atoms with Crippen LogP contribution in [0.4, 0.5) is 10.5 Å². The molecule has 2 amide bonds. The predicted molar refractivity (Wildman–Crippen MR) is 90.9 cm³/mol. The number of aliphatic carboxylic acids is 1. The summed E-state index contributed by atoms with van der Waals surface area (Å²) in [6.45, 7) is 0.787. The van der Waals surface area contributed by atoms with Gasteiger partial charge in [0.1, 0.15) is 0 Å². The second-order valence-electron chi connectivity index (χ2n) is 6.25. The van der Waals surface area contributed by atoms with Gasteiger partial charge in [0, 0.05) is 28.9 Å². The molecule has 2 N–H and O–H groups in total. The van der Waals surface area contributed by atoms with Gasteiger partial charge in [0.15, 0.2) is 0 Å². The number of anilines is 1. The lowest BCUT2D eigenvalue weighted by atomic mass is 10.1. The number of urea groups is 1. The van der Waals surface area contributed by atoms with Crippen LogP contribution in [0.25, 0.3) is 0 Å². The van der Waals surface area contributed by atoms with Gasteiger partial charge in [-0.1, -0.05) is 12.8 Å². The minimum absolute atomic E-state index is 0.218. The molecule has 23 heavy (non-hydrogen) atoms. The molecule has 0 aromatic heterocycles. The summed E-state index contributed by atoms with van der Waals surface area (Å²) >= 11 is 1.92. The van der Waals surface area contributed by atoms with Gasteiger partial charge in [-0.25, -0.2) is 4.79 Å². The van der Waals surface area contributed by atoms with Gasteiger partial charge in [0.05, 0.1) is 5.92 Å². The lowest BCUT2D eigenvalue weighted by Crippen LogP contribution is -2.33. The quantitative estimate of drug-likeness (QED) is 0.881. The maximum Gasteiger partial charge on any atom is 0.321 e. The van der Waals surface area contributed by atoms with E-state index in [1.807, 2.05) is 36.0 Å². The molecule has 1 unspecified atom stereocenters. The van der Waals surface area contributed by atoms with Gasteiger partial charge >= 0.3 is 12.0 Å². The average Bonchev–Trinajstić information content (AvgIpc) is 3.20. The van der Waals surface area contributed by atoms with Gasteiger partial charge in [-0.05, 0) is 43.5 Å². The molecule has 3 rings (SSSR count). The zero-order chi connectivity index (χ0) is 16.2. The number of hydrogen-bond donors (Lipinski definition) is 2. The zero-order valence-corrected chi connectivity index (χ0v) is 13.8. The SMILES string of the molecule is O=C(O)C1CCN(C(=O)Nc2ccc(SC3CCCC3)cc2)C1. The van der Waals surface area contributed by atoms with Gasteiger partial charge in [0.25, 0.3) is 0 Å². The van der Waals surface area contributed by atoms with Crippen LogP contribution in [0, 0.1) is 5.92 Å². The van der Waals surface area contributed by atoms with Crippen molar-refractivity contribution >= 4 is 29.4 Å². The number of nitrogens with one attached hydrogen (secondary N) is 1. The van der Waals surface area contributed by atoms with Crippen LogP contribution < -0.4 is 5.32 Å². The van der Waals surface area contributed by atoms with E-state index in [0.717, 1.165) is 10.9 Å². The molecule has 1 aromatic carbocycles. The number of carboxylic acid groups (broad SMARTS) is 1. The van der Waals surface area contributed by atoms with Crippen LogP contribution in [0.5, 0.6) is 0 Å². The van der Waals surface area contributed by atoms with Gasteiger partial charge < -0.3 is 15.3 Å². The highest BCUT2D eigenvalue weighted by atomic mass is 32.2. The fourth-order valence-electron chi connectivity index (χ4n) is 3.16. The van der Waals surface area contributed by atoms with Crippen LogP contribution in [0.1, 0.15) is 32.1 Å². The molecule has 5 nitrogen and oxygen atoms in total. The Morgan fingerprint density at radius 2 is 1.83 bits per heavy atom. The summed E-state index contributed by atoms with van der Waals surface area (Å²) in [5.41, 5.74) is 0.754. The Hall–Kier alpha value is -1.69. The van der Waals surface area contributed by atoms with Gasteiger partial charge in [0.2, 0.25) is 0 Å². The Balaban J connectivity index is 1.51. The smallest absolute Gasteiger partial charge is 0.321 e. The molecule has 2 fully saturated rings. The monoisotopic (exact) mass is 334 g/mol. The van der Waals surface area contributed by atoms with E-state index in [-0.39, 0.29) is 12.6 Å². The Kier molecular flexibility index (Phi) is 5.10. The van der Waals surface area contributed by atoms with E-state index in [2.05, 4.69) is 5.32 Å². The number of likely N-dealkylation sites (tertiary alicyclic amines) is 1. The normalized spacial score (nSPS) is 21.6. The fourth-order valence-corrected chi connectivity index (χ4v) is 4.41. The highest BCUT2D eigenvalue weighted by Crippen LogP contribution is 2.35. The topological polar surface area (TPSA) is 69.6 Å². The Labute approximate surface area is 140 Å². The van der Waals surface area contributed by atoms with Crippen LogP contribution in [0.2, 0.25) is 0 Å². The van der Waals surface area contributed by atoms with E-state index in [1.54, 1.807) is 4.90 Å². The number of rotatable bonds is 4. The lowest BCUT2D eigenvalue weighted by Gasteiger charge is -2.17. The molecule has 1 atom stereocenters. The van der Waals surface area contributed by atoms with E-state index in [1.165, 1.54) is 30.6 Å². The Morgan fingerprint density at radius 3 is 2.43 bits per heavy atom. The predicted octanol–water partition coefficient (Wildman–Crippen LogP) is 3.66. The number of benzene rings is 1. The highest BCUT2D eigenvalue weighted by molar-refractivity contribution is 8.00. The summed E-state index contributed by atoms with van der Waals surface area (Å²) in [7, 11) is 0. The molecule has 0 radical (unpaired) electrons. The average molecular weight is 334 g/mol. The molecule has 124 valence electrons. The molecule has 2 aliphatic rings. The van der Waals surface area contributed by atoms with Crippen molar-refractivity contribution in [3.63, 3.8) is 0 Å². The number of carbonyl (C=O) groups is 2. The van der Waals surface area contributed by atoms with Crippen LogP contribution in [-0.4, -0.2) is 40.3 Å². The van der Waals surface area contributed by atoms with Crippen LogP contribution in [-0.2, 0) is 4.79 Å². The van der Waals surface area contributed by atoms with Crippen molar-refractivity contribution < 1.29 is 14.7 Å². The summed E-state index contributed by atoms with van der Waals surface area (Å²) in [6, 6.07) is 7.70. The van der Waals surface area contributed by atoms with Crippen molar-refractivity contribution in [1.82, 2.24) is 4.90 Å². The van der Waals surface area contributed by atoms with Crippen LogP contribution in [0.15, 0.2) is 29.2 Å². The first-order chi connectivity index (χ1) is 11.1.